The first-order chi connectivity index (χ1) is 14.3. The summed E-state index contributed by atoms with van der Waals surface area (Å²) < 4.78 is 6.01. The van der Waals surface area contributed by atoms with Crippen LogP contribution in [0.2, 0.25) is 0 Å². The first-order valence-electron chi connectivity index (χ1n) is 9.49. The third-order valence-electron chi connectivity index (χ3n) is 3.80. The van der Waals surface area contributed by atoms with Crippen molar-refractivity contribution < 1.29 is 4.74 Å². The van der Waals surface area contributed by atoms with E-state index in [0.29, 0.717) is 59.3 Å². The number of nitrogens with zero attached hydrogens (tertiary/aromatic N) is 9. The number of nitrogens with one attached hydrogen (secondary N) is 2. The third kappa shape index (κ3) is 6.42. The molecule has 0 saturated carbocycles. The Balaban J connectivity index is 1.74. The molecular weight excluding hydrogens is 379 g/mol. The molecule has 0 fully saturated rings. The van der Waals surface area contributed by atoms with Gasteiger partial charge in [0.15, 0.2) is 47.1 Å². The van der Waals surface area contributed by atoms with E-state index in [-0.39, 0.29) is 12.1 Å². The van der Waals surface area contributed by atoms with Crippen LogP contribution >= 0.6 is 0 Å². The summed E-state index contributed by atoms with van der Waals surface area (Å²) >= 11 is 0. The van der Waals surface area contributed by atoms with Gasteiger partial charge in [0.25, 0.3) is 0 Å². The van der Waals surface area contributed by atoms with E-state index in [4.69, 9.17) is 4.74 Å². The maximum Gasteiger partial charge on any atom is 0.318 e. The van der Waals surface area contributed by atoms with E-state index < -0.39 is 0 Å². The van der Waals surface area contributed by atoms with Gasteiger partial charge in [0.1, 0.15) is 6.10 Å². The SMILES string of the molecule is Bc1nc(B)nc(NCC(CNc2nc(B)nc(B)n2)Oc2nc(B)nc(B)n2)n1. The second-order valence-corrected chi connectivity index (χ2v) is 6.72. The molecule has 3 heterocycles. The molecule has 0 atom stereocenters. The number of anilines is 2. The van der Waals surface area contributed by atoms with Crippen LogP contribution in [0.3, 0.4) is 0 Å². The fraction of sp³-hybridized carbons (Fsp3) is 0.250. The van der Waals surface area contributed by atoms with Crippen LogP contribution in [0.15, 0.2) is 0 Å². The summed E-state index contributed by atoms with van der Waals surface area (Å²) in [6.45, 7) is 0.783. The first-order valence-corrected chi connectivity index (χ1v) is 9.49. The Morgan fingerprint density at radius 3 is 1.23 bits per heavy atom. The van der Waals surface area contributed by atoms with Crippen LogP contribution in [0, 0.1) is 0 Å². The number of ether oxygens (including phenoxy) is 1. The Kier molecular flexibility index (Phi) is 6.85. The maximum absolute atomic E-state index is 6.01. The van der Waals surface area contributed by atoms with Gasteiger partial charge in [0.2, 0.25) is 11.9 Å². The molecule has 0 saturated heterocycles. The summed E-state index contributed by atoms with van der Waals surface area (Å²) in [5, 5.41) is 6.37. The highest BCUT2D eigenvalue weighted by Crippen LogP contribution is 2.03. The van der Waals surface area contributed by atoms with E-state index in [9.17, 15) is 0 Å². The van der Waals surface area contributed by atoms with Crippen LogP contribution in [-0.4, -0.2) is 111 Å². The molecule has 0 unspecified atom stereocenters. The van der Waals surface area contributed by atoms with Crippen LogP contribution in [0.5, 0.6) is 6.01 Å². The summed E-state index contributed by atoms with van der Waals surface area (Å²) in [6.07, 6.45) is -0.374. The molecule has 3 rings (SSSR count). The van der Waals surface area contributed by atoms with Gasteiger partial charge < -0.3 is 15.4 Å². The van der Waals surface area contributed by atoms with Gasteiger partial charge in [-0.1, -0.05) is 0 Å². The van der Waals surface area contributed by atoms with Crippen LogP contribution in [0.25, 0.3) is 0 Å². The molecule has 12 nitrogen and oxygen atoms in total. The minimum atomic E-state index is -0.374. The molecule has 3 aromatic heterocycles. The Bertz CT molecular complexity index is 927. The topological polar surface area (TPSA) is 149 Å². The number of hydrogen-bond donors (Lipinski definition) is 2. The van der Waals surface area contributed by atoms with Crippen molar-refractivity contribution >= 4 is 93.3 Å². The summed E-state index contributed by atoms with van der Waals surface area (Å²) in [6, 6.07) is 0.250. The molecular formula is C12H19B6N11O. The van der Waals surface area contributed by atoms with Gasteiger partial charge >= 0.3 is 6.01 Å². The fourth-order valence-corrected chi connectivity index (χ4v) is 2.74. The lowest BCUT2D eigenvalue weighted by Gasteiger charge is -2.19. The van der Waals surface area contributed by atoms with Crippen LogP contribution in [0.1, 0.15) is 0 Å². The smallest absolute Gasteiger partial charge is 0.318 e. The van der Waals surface area contributed by atoms with Crippen LogP contribution < -0.4 is 49.7 Å². The molecule has 0 aliphatic heterocycles. The van der Waals surface area contributed by atoms with Gasteiger partial charge in [-0.25, -0.2) is 34.9 Å². The predicted octanol–water partition coefficient (Wildman–Crippen LogP) is -11.2. The van der Waals surface area contributed by atoms with Gasteiger partial charge in [-0.3, -0.25) is 0 Å². The van der Waals surface area contributed by atoms with E-state index in [1.807, 2.05) is 31.4 Å². The largest absolute Gasteiger partial charge is 0.456 e. The fourth-order valence-electron chi connectivity index (χ4n) is 2.74. The maximum atomic E-state index is 6.01. The second-order valence-electron chi connectivity index (χ2n) is 6.72. The third-order valence-corrected chi connectivity index (χ3v) is 3.80. The van der Waals surface area contributed by atoms with Crippen molar-refractivity contribution in [3.63, 3.8) is 0 Å². The highest BCUT2D eigenvalue weighted by molar-refractivity contribution is 6.33. The van der Waals surface area contributed by atoms with Gasteiger partial charge in [-0.15, -0.1) is 0 Å². The Hall–Kier alpha value is -3.18. The van der Waals surface area contributed by atoms with Gasteiger partial charge in [-0.2, -0.15) is 9.97 Å². The zero-order valence-electron chi connectivity index (χ0n) is 17.9. The predicted molar refractivity (Wildman–Crippen MR) is 130 cm³/mol. The minimum absolute atomic E-state index is 0.250. The summed E-state index contributed by atoms with van der Waals surface area (Å²) in [5.74, 6) is 0.951. The average molecular weight is 398 g/mol. The van der Waals surface area contributed by atoms with Crippen molar-refractivity contribution in [3.8, 4) is 6.01 Å². The molecule has 0 bridgehead atoms. The molecule has 18 heteroatoms. The standard InChI is InChI=1S/C12H19B6N11O/c13-4-21-5(14)25-10(24-4)19-1-3(30-12-28-8(17)23-9(18)29-12)2-20-11-26-6(15)22-7(16)27-11/h3H,1-2,13-18H2,(H,19,21,24,25)(H,20,22,26,27). The highest BCUT2D eigenvalue weighted by atomic mass is 16.5. The highest BCUT2D eigenvalue weighted by Gasteiger charge is 2.15. The minimum Gasteiger partial charge on any atom is -0.456 e. The Morgan fingerprint density at radius 1 is 0.533 bits per heavy atom. The van der Waals surface area contributed by atoms with Crippen molar-refractivity contribution in [1.29, 1.82) is 0 Å². The van der Waals surface area contributed by atoms with E-state index in [1.54, 1.807) is 15.7 Å². The molecule has 0 radical (unpaired) electrons. The summed E-state index contributed by atoms with van der Waals surface area (Å²) in [7, 11) is 10.8. The quantitative estimate of drug-likeness (QED) is 0.347. The number of rotatable bonds is 8. The van der Waals surface area contributed by atoms with Crippen LogP contribution in [0.4, 0.5) is 11.9 Å². The number of hydrogen-bond acceptors (Lipinski definition) is 12. The molecule has 30 heavy (non-hydrogen) atoms. The lowest BCUT2D eigenvalue weighted by Crippen LogP contribution is -2.38. The Morgan fingerprint density at radius 2 is 0.867 bits per heavy atom. The van der Waals surface area contributed by atoms with Crippen molar-refractivity contribution in [2.45, 2.75) is 6.10 Å². The van der Waals surface area contributed by atoms with Crippen LogP contribution in [-0.2, 0) is 0 Å². The molecule has 0 aliphatic rings. The zero-order chi connectivity index (χ0) is 21.7. The second kappa shape index (κ2) is 9.55. The normalized spacial score (nSPS) is 10.7. The molecule has 0 aromatic carbocycles. The summed E-state index contributed by atoms with van der Waals surface area (Å²) in [4.78, 5) is 38.3. The zero-order valence-corrected chi connectivity index (χ0v) is 17.9. The van der Waals surface area contributed by atoms with Gasteiger partial charge in [0, 0.05) is 0 Å². The monoisotopic (exact) mass is 399 g/mol. The summed E-state index contributed by atoms with van der Waals surface area (Å²) in [5.41, 5.74) is 3.73. The van der Waals surface area contributed by atoms with Gasteiger partial charge in [0.05, 0.1) is 47.4 Å². The van der Waals surface area contributed by atoms with E-state index in [1.165, 1.54) is 0 Å². The molecule has 0 spiro atoms. The van der Waals surface area contributed by atoms with Crippen molar-refractivity contribution in [3.05, 3.63) is 0 Å². The molecule has 0 aliphatic carbocycles. The van der Waals surface area contributed by atoms with Crippen molar-refractivity contribution in [1.82, 2.24) is 44.9 Å². The van der Waals surface area contributed by atoms with Crippen molar-refractivity contribution in [2.75, 3.05) is 23.7 Å². The molecule has 3 aromatic rings. The lowest BCUT2D eigenvalue weighted by molar-refractivity contribution is 0.208. The average Bonchev–Trinajstić information content (AvgIpc) is 2.61. The number of aromatic nitrogens is 9. The molecule has 146 valence electrons. The lowest BCUT2D eigenvalue weighted by atomic mass is 10.1. The van der Waals surface area contributed by atoms with E-state index in [0.717, 1.165) is 0 Å². The van der Waals surface area contributed by atoms with E-state index in [2.05, 4.69) is 55.5 Å². The van der Waals surface area contributed by atoms with E-state index >= 15 is 0 Å². The molecule has 2 N–H and O–H groups in total. The first kappa shape index (κ1) is 21.5. The Labute approximate surface area is 179 Å². The molecule has 0 amide bonds. The van der Waals surface area contributed by atoms with Gasteiger partial charge in [-0.05, 0) is 0 Å². The van der Waals surface area contributed by atoms with Crippen molar-refractivity contribution in [2.24, 2.45) is 0 Å².